The fraction of sp³-hybridized carbons (Fsp3) is 0.524. The number of hydrogen-bond acceptors (Lipinski definition) is 4. The van der Waals surface area contributed by atoms with Crippen LogP contribution in [0.1, 0.15) is 23.0 Å². The molecule has 2 saturated heterocycles. The molecule has 1 aromatic heterocycles. The summed E-state index contributed by atoms with van der Waals surface area (Å²) in [7, 11) is 3.88. The van der Waals surface area contributed by atoms with Crippen molar-refractivity contribution in [2.24, 2.45) is 11.8 Å². The molecule has 7 heteroatoms. The molecule has 2 aliphatic rings. The molecule has 0 aliphatic carbocycles. The van der Waals surface area contributed by atoms with Gasteiger partial charge in [-0.1, -0.05) is 12.1 Å². The van der Waals surface area contributed by atoms with Crippen LogP contribution < -0.4 is 4.74 Å². The number of fused-ring (bicyclic) bond motifs is 1. The molecule has 2 fully saturated rings. The number of methoxy groups -OCH3 is 1. The van der Waals surface area contributed by atoms with Crippen LogP contribution in [-0.2, 0) is 11.3 Å². The molecule has 0 N–H and O–H groups in total. The van der Waals surface area contributed by atoms with Gasteiger partial charge >= 0.3 is 0 Å². The van der Waals surface area contributed by atoms with Gasteiger partial charge in [0.2, 0.25) is 5.91 Å². The van der Waals surface area contributed by atoms with E-state index in [4.69, 9.17) is 4.74 Å². The van der Waals surface area contributed by atoms with E-state index in [1.807, 2.05) is 41.6 Å². The Morgan fingerprint density at radius 3 is 2.50 bits per heavy atom. The zero-order valence-corrected chi connectivity index (χ0v) is 17.8. The van der Waals surface area contributed by atoms with Crippen LogP contribution in [0.4, 0.5) is 0 Å². The summed E-state index contributed by atoms with van der Waals surface area (Å²) in [5, 5.41) is 4.43. The lowest BCUT2D eigenvalue weighted by Gasteiger charge is -2.27. The maximum Gasteiger partial charge on any atom is 0.244 e. The van der Waals surface area contributed by atoms with E-state index in [9.17, 15) is 4.79 Å². The minimum atomic E-state index is 0. The third-order valence-electron chi connectivity index (χ3n) is 6.09. The number of aromatic nitrogens is 2. The van der Waals surface area contributed by atoms with Crippen molar-refractivity contribution in [3.63, 3.8) is 0 Å². The Hall–Kier alpha value is -2.05. The van der Waals surface area contributed by atoms with Gasteiger partial charge in [0.1, 0.15) is 12.3 Å². The van der Waals surface area contributed by atoms with Crippen LogP contribution in [0.15, 0.2) is 30.3 Å². The van der Waals surface area contributed by atoms with Crippen LogP contribution in [0, 0.1) is 25.7 Å². The number of rotatable bonds is 4. The lowest BCUT2D eigenvalue weighted by Crippen LogP contribution is -2.35. The molecule has 1 aromatic carbocycles. The zero-order valence-electron chi connectivity index (χ0n) is 17.0. The van der Waals surface area contributed by atoms with Gasteiger partial charge in [0.15, 0.2) is 0 Å². The average molecular weight is 405 g/mol. The van der Waals surface area contributed by atoms with Crippen LogP contribution in [0.25, 0.3) is 0 Å². The summed E-state index contributed by atoms with van der Waals surface area (Å²) in [4.78, 5) is 17.3. The van der Waals surface area contributed by atoms with Crippen molar-refractivity contribution < 1.29 is 9.53 Å². The Morgan fingerprint density at radius 2 is 1.89 bits per heavy atom. The number of amides is 1. The molecule has 1 amide bonds. The number of halogens is 1. The van der Waals surface area contributed by atoms with Gasteiger partial charge in [-0.05, 0) is 50.6 Å². The molecule has 4 rings (SSSR count). The summed E-state index contributed by atoms with van der Waals surface area (Å²) >= 11 is 0. The molecule has 0 spiro atoms. The molecule has 0 unspecified atom stereocenters. The molecule has 2 aromatic rings. The highest BCUT2D eigenvalue weighted by molar-refractivity contribution is 5.85. The van der Waals surface area contributed by atoms with Crippen LogP contribution in [0.2, 0.25) is 0 Å². The van der Waals surface area contributed by atoms with E-state index in [-0.39, 0.29) is 18.3 Å². The van der Waals surface area contributed by atoms with Gasteiger partial charge in [-0.3, -0.25) is 14.4 Å². The van der Waals surface area contributed by atoms with Crippen LogP contribution in [-0.4, -0.2) is 59.3 Å². The van der Waals surface area contributed by atoms with Gasteiger partial charge < -0.3 is 9.64 Å². The Bertz CT molecular complexity index is 835. The largest absolute Gasteiger partial charge is 0.497 e. The standard InChI is InChI=1S/C21H28N4O2.ClH/c1-14-9-15(2)25(22-14)13-20(26)24-11-17-10-23(3)21(19(17)12-24)16-5-7-18(27-4)8-6-16;/h5-9,17,19,21H,10-13H2,1-4H3;1H/t17-,19+,21-;/m0./s1. The first-order valence-electron chi connectivity index (χ1n) is 9.59. The highest BCUT2D eigenvalue weighted by Gasteiger charge is 2.47. The highest BCUT2D eigenvalue weighted by atomic mass is 35.5. The first-order valence-corrected chi connectivity index (χ1v) is 9.59. The quantitative estimate of drug-likeness (QED) is 0.786. The Kier molecular flexibility index (Phi) is 6.01. The third kappa shape index (κ3) is 3.76. The third-order valence-corrected chi connectivity index (χ3v) is 6.09. The van der Waals surface area contributed by atoms with Gasteiger partial charge in [-0.15, -0.1) is 12.4 Å². The molecule has 0 bridgehead atoms. The van der Waals surface area contributed by atoms with Crippen molar-refractivity contribution in [3.8, 4) is 5.75 Å². The minimum absolute atomic E-state index is 0. The molecule has 152 valence electrons. The lowest BCUT2D eigenvalue weighted by molar-refractivity contribution is -0.131. The van der Waals surface area contributed by atoms with Crippen molar-refractivity contribution >= 4 is 18.3 Å². The van der Waals surface area contributed by atoms with Gasteiger partial charge in [0, 0.05) is 37.3 Å². The lowest BCUT2D eigenvalue weighted by atomic mass is 9.89. The van der Waals surface area contributed by atoms with Crippen LogP contribution in [0.3, 0.4) is 0 Å². The Morgan fingerprint density at radius 1 is 1.18 bits per heavy atom. The number of hydrogen-bond donors (Lipinski definition) is 0. The average Bonchev–Trinajstić information content (AvgIpc) is 3.27. The normalized spacial score (nSPS) is 24.1. The van der Waals surface area contributed by atoms with E-state index in [1.165, 1.54) is 5.56 Å². The minimum Gasteiger partial charge on any atom is -0.497 e. The first kappa shape index (κ1) is 20.7. The van der Waals surface area contributed by atoms with Crippen LogP contribution in [0.5, 0.6) is 5.75 Å². The van der Waals surface area contributed by atoms with Crippen molar-refractivity contribution in [1.82, 2.24) is 19.6 Å². The van der Waals surface area contributed by atoms with Crippen molar-refractivity contribution in [2.75, 3.05) is 33.8 Å². The predicted octanol–water partition coefficient (Wildman–Crippen LogP) is 2.69. The number of carbonyl (C=O) groups excluding carboxylic acids is 1. The summed E-state index contributed by atoms with van der Waals surface area (Å²) in [6, 6.07) is 10.7. The maximum atomic E-state index is 12.9. The van der Waals surface area contributed by atoms with Gasteiger partial charge in [-0.25, -0.2) is 0 Å². The second kappa shape index (κ2) is 8.13. The second-order valence-corrected chi connectivity index (χ2v) is 7.96. The molecule has 0 radical (unpaired) electrons. The maximum absolute atomic E-state index is 12.9. The van der Waals surface area contributed by atoms with Gasteiger partial charge in [0.25, 0.3) is 0 Å². The van der Waals surface area contributed by atoms with E-state index < -0.39 is 0 Å². The summed E-state index contributed by atoms with van der Waals surface area (Å²) < 4.78 is 7.11. The van der Waals surface area contributed by atoms with Gasteiger partial charge in [0.05, 0.1) is 12.8 Å². The number of ether oxygens (including phenoxy) is 1. The van der Waals surface area contributed by atoms with E-state index >= 15 is 0 Å². The fourth-order valence-electron chi connectivity index (χ4n) is 4.83. The SMILES string of the molecule is COc1ccc([C@H]2[C@@H]3CN(C(=O)Cn4nc(C)cc4C)C[C@@H]3CN2C)cc1.Cl. The number of likely N-dealkylation sites (tertiary alicyclic amines) is 2. The van der Waals surface area contributed by atoms with Gasteiger partial charge in [-0.2, -0.15) is 5.10 Å². The Balaban J connectivity index is 0.00000225. The number of benzene rings is 1. The summed E-state index contributed by atoms with van der Waals surface area (Å²) in [6.45, 7) is 7.00. The molecule has 3 heterocycles. The number of carbonyl (C=O) groups is 1. The molecule has 0 saturated carbocycles. The molecule has 6 nitrogen and oxygen atoms in total. The van der Waals surface area contributed by atoms with E-state index in [2.05, 4.69) is 29.2 Å². The molecular weight excluding hydrogens is 376 g/mol. The summed E-state index contributed by atoms with van der Waals surface area (Å²) in [5.41, 5.74) is 3.30. The fourth-order valence-corrected chi connectivity index (χ4v) is 4.83. The monoisotopic (exact) mass is 404 g/mol. The van der Waals surface area contributed by atoms with Crippen molar-refractivity contribution in [1.29, 1.82) is 0 Å². The second-order valence-electron chi connectivity index (χ2n) is 7.96. The summed E-state index contributed by atoms with van der Waals surface area (Å²) in [6.07, 6.45) is 0. The van der Waals surface area contributed by atoms with E-state index in [1.54, 1.807) is 7.11 Å². The van der Waals surface area contributed by atoms with E-state index in [0.29, 0.717) is 24.4 Å². The topological polar surface area (TPSA) is 50.6 Å². The first-order chi connectivity index (χ1) is 13.0. The van der Waals surface area contributed by atoms with Crippen molar-refractivity contribution in [2.45, 2.75) is 26.4 Å². The number of aryl methyl sites for hydroxylation is 2. The molecule has 3 atom stereocenters. The van der Waals surface area contributed by atoms with E-state index in [0.717, 1.165) is 36.8 Å². The Labute approximate surface area is 172 Å². The summed E-state index contributed by atoms with van der Waals surface area (Å²) in [5.74, 6) is 2.06. The zero-order chi connectivity index (χ0) is 19.1. The molecule has 2 aliphatic heterocycles. The molecular formula is C21H29ClN4O2. The van der Waals surface area contributed by atoms with Crippen molar-refractivity contribution in [3.05, 3.63) is 47.3 Å². The molecule has 28 heavy (non-hydrogen) atoms. The highest BCUT2D eigenvalue weighted by Crippen LogP contribution is 2.44. The smallest absolute Gasteiger partial charge is 0.244 e. The van der Waals surface area contributed by atoms with Crippen LogP contribution >= 0.6 is 12.4 Å². The number of nitrogens with zero attached hydrogens (tertiary/aromatic N) is 4. The predicted molar refractivity (Wildman–Crippen MR) is 111 cm³/mol.